The van der Waals surface area contributed by atoms with Crippen molar-refractivity contribution in [3.8, 4) is 0 Å². The van der Waals surface area contributed by atoms with Crippen molar-refractivity contribution in [2.75, 3.05) is 0 Å². The zero-order valence-electron chi connectivity index (χ0n) is 10.0. The van der Waals surface area contributed by atoms with Crippen LogP contribution < -0.4 is 0 Å². The van der Waals surface area contributed by atoms with Crippen LogP contribution >= 0.6 is 0 Å². The van der Waals surface area contributed by atoms with E-state index >= 15 is 0 Å². The van der Waals surface area contributed by atoms with E-state index in [0.29, 0.717) is 24.3 Å². The molecule has 0 bridgehead atoms. The number of aliphatic hydroxyl groups is 1. The first-order valence-electron chi connectivity index (χ1n) is 6.15. The highest BCUT2D eigenvalue weighted by atomic mass is 19.1. The van der Waals surface area contributed by atoms with E-state index in [-0.39, 0.29) is 6.42 Å². The van der Waals surface area contributed by atoms with E-state index < -0.39 is 17.2 Å². The van der Waals surface area contributed by atoms with Gasteiger partial charge in [0.05, 0.1) is 5.60 Å². The lowest BCUT2D eigenvalue weighted by molar-refractivity contribution is -0.0130. The van der Waals surface area contributed by atoms with Gasteiger partial charge in [0.1, 0.15) is 11.6 Å². The number of halogens is 2. The van der Waals surface area contributed by atoms with Crippen molar-refractivity contribution in [2.24, 2.45) is 5.92 Å². The minimum Gasteiger partial charge on any atom is -0.390 e. The molecule has 0 radical (unpaired) electrons. The molecule has 0 heterocycles. The molecule has 1 aliphatic carbocycles. The van der Waals surface area contributed by atoms with Gasteiger partial charge < -0.3 is 5.11 Å². The van der Waals surface area contributed by atoms with Crippen molar-refractivity contribution >= 4 is 0 Å². The summed E-state index contributed by atoms with van der Waals surface area (Å²) >= 11 is 0. The third kappa shape index (κ3) is 3.03. The van der Waals surface area contributed by atoms with E-state index in [4.69, 9.17) is 0 Å². The van der Waals surface area contributed by atoms with Gasteiger partial charge in [0.15, 0.2) is 0 Å². The molecule has 1 N–H and O–H groups in total. The molecule has 0 amide bonds. The molecule has 2 unspecified atom stereocenters. The molecule has 1 aromatic carbocycles. The van der Waals surface area contributed by atoms with Crippen molar-refractivity contribution < 1.29 is 13.9 Å². The summed E-state index contributed by atoms with van der Waals surface area (Å²) in [6.45, 7) is 2.10. The number of rotatable bonds is 2. The first kappa shape index (κ1) is 12.5. The highest BCUT2D eigenvalue weighted by Gasteiger charge is 2.33. The molecule has 17 heavy (non-hydrogen) atoms. The van der Waals surface area contributed by atoms with Gasteiger partial charge in [0.25, 0.3) is 0 Å². The molecule has 1 aliphatic rings. The van der Waals surface area contributed by atoms with Crippen LogP contribution in [0.2, 0.25) is 0 Å². The highest BCUT2D eigenvalue weighted by molar-refractivity contribution is 5.20. The predicted octanol–water partition coefficient (Wildman–Crippen LogP) is 3.45. The molecule has 1 nitrogen and oxygen atoms in total. The van der Waals surface area contributed by atoms with E-state index in [0.717, 1.165) is 18.9 Å². The van der Waals surface area contributed by atoms with Crippen LogP contribution in [0.25, 0.3) is 0 Å². The first-order valence-corrected chi connectivity index (χ1v) is 6.15. The van der Waals surface area contributed by atoms with Crippen LogP contribution in [0.4, 0.5) is 8.78 Å². The monoisotopic (exact) mass is 240 g/mol. The second-order valence-corrected chi connectivity index (χ2v) is 5.34. The molecular weight excluding hydrogens is 222 g/mol. The Morgan fingerprint density at radius 1 is 1.41 bits per heavy atom. The maximum Gasteiger partial charge on any atom is 0.129 e. The van der Waals surface area contributed by atoms with Gasteiger partial charge >= 0.3 is 0 Å². The second-order valence-electron chi connectivity index (χ2n) is 5.34. The van der Waals surface area contributed by atoms with E-state index in [1.807, 2.05) is 0 Å². The van der Waals surface area contributed by atoms with Crippen LogP contribution in [0, 0.1) is 17.6 Å². The fourth-order valence-corrected chi connectivity index (χ4v) is 2.81. The van der Waals surface area contributed by atoms with Crippen molar-refractivity contribution in [3.05, 3.63) is 35.4 Å². The number of benzene rings is 1. The zero-order valence-corrected chi connectivity index (χ0v) is 10.0. The summed E-state index contributed by atoms with van der Waals surface area (Å²) in [7, 11) is 0. The Balaban J connectivity index is 2.14. The van der Waals surface area contributed by atoms with E-state index in [1.54, 1.807) is 0 Å². The average Bonchev–Trinajstić information content (AvgIpc) is 2.22. The molecule has 0 aromatic heterocycles. The standard InChI is InChI=1S/C14H18F2O/c1-10-3-2-6-14(17,8-10)9-11-4-5-12(15)7-13(11)16/h4-5,7,10,17H,2-3,6,8-9H2,1H3. The SMILES string of the molecule is CC1CCCC(O)(Cc2ccc(F)cc2F)C1. The van der Waals surface area contributed by atoms with Crippen LogP contribution in [0.1, 0.15) is 38.2 Å². The van der Waals surface area contributed by atoms with Gasteiger partial charge in [-0.1, -0.05) is 25.8 Å². The third-order valence-electron chi connectivity index (χ3n) is 3.60. The van der Waals surface area contributed by atoms with E-state index in [2.05, 4.69) is 6.92 Å². The lowest BCUT2D eigenvalue weighted by atomic mass is 9.76. The van der Waals surface area contributed by atoms with Gasteiger partial charge in [-0.05, 0) is 30.4 Å². The van der Waals surface area contributed by atoms with Gasteiger partial charge in [-0.25, -0.2) is 8.78 Å². The van der Waals surface area contributed by atoms with Gasteiger partial charge in [-0.15, -0.1) is 0 Å². The highest BCUT2D eigenvalue weighted by Crippen LogP contribution is 2.35. The Kier molecular flexibility index (Phi) is 3.48. The first-order chi connectivity index (χ1) is 7.98. The summed E-state index contributed by atoms with van der Waals surface area (Å²) in [5, 5.41) is 10.4. The zero-order chi connectivity index (χ0) is 12.5. The maximum atomic E-state index is 13.5. The largest absolute Gasteiger partial charge is 0.390 e. The Bertz CT molecular complexity index is 405. The Morgan fingerprint density at radius 3 is 2.82 bits per heavy atom. The molecule has 0 aliphatic heterocycles. The molecule has 1 saturated carbocycles. The van der Waals surface area contributed by atoms with Crippen LogP contribution in [0.3, 0.4) is 0 Å². The third-order valence-corrected chi connectivity index (χ3v) is 3.60. The molecule has 0 spiro atoms. The maximum absolute atomic E-state index is 13.5. The fourth-order valence-electron chi connectivity index (χ4n) is 2.81. The minimum atomic E-state index is -0.823. The van der Waals surface area contributed by atoms with Gasteiger partial charge in [-0.2, -0.15) is 0 Å². The Hall–Kier alpha value is -0.960. The van der Waals surface area contributed by atoms with Crippen LogP contribution in [0.15, 0.2) is 18.2 Å². The second kappa shape index (κ2) is 4.73. The smallest absolute Gasteiger partial charge is 0.129 e. The summed E-state index contributed by atoms with van der Waals surface area (Å²) in [6.07, 6.45) is 3.77. The normalized spacial score (nSPS) is 29.3. The van der Waals surface area contributed by atoms with E-state index in [9.17, 15) is 13.9 Å². The summed E-state index contributed by atoms with van der Waals surface area (Å²) in [6, 6.07) is 3.56. The predicted molar refractivity (Wildman–Crippen MR) is 62.6 cm³/mol. The Morgan fingerprint density at radius 2 is 2.18 bits per heavy atom. The number of hydrogen-bond donors (Lipinski definition) is 1. The fraction of sp³-hybridized carbons (Fsp3) is 0.571. The van der Waals surface area contributed by atoms with Crippen molar-refractivity contribution in [1.29, 1.82) is 0 Å². The van der Waals surface area contributed by atoms with Gasteiger partial charge in [-0.3, -0.25) is 0 Å². The molecule has 2 rings (SSSR count). The summed E-state index contributed by atoms with van der Waals surface area (Å²) in [4.78, 5) is 0. The molecule has 94 valence electrons. The summed E-state index contributed by atoms with van der Waals surface area (Å²) in [5.74, 6) is -0.663. The molecule has 0 saturated heterocycles. The molecule has 1 fully saturated rings. The molecule has 2 atom stereocenters. The summed E-state index contributed by atoms with van der Waals surface area (Å²) in [5.41, 5.74) is -0.418. The Labute approximate surface area is 100 Å². The van der Waals surface area contributed by atoms with Crippen LogP contribution in [-0.2, 0) is 6.42 Å². The van der Waals surface area contributed by atoms with Crippen LogP contribution in [-0.4, -0.2) is 10.7 Å². The van der Waals surface area contributed by atoms with Gasteiger partial charge in [0, 0.05) is 12.5 Å². The lowest BCUT2D eigenvalue weighted by Crippen LogP contribution is -2.37. The molecule has 1 aromatic rings. The molecule has 3 heteroatoms. The van der Waals surface area contributed by atoms with E-state index in [1.165, 1.54) is 12.1 Å². The average molecular weight is 240 g/mol. The van der Waals surface area contributed by atoms with Crippen molar-refractivity contribution in [2.45, 2.75) is 44.6 Å². The minimum absolute atomic E-state index is 0.281. The van der Waals surface area contributed by atoms with Crippen molar-refractivity contribution in [1.82, 2.24) is 0 Å². The quantitative estimate of drug-likeness (QED) is 0.839. The van der Waals surface area contributed by atoms with Crippen molar-refractivity contribution in [3.63, 3.8) is 0 Å². The van der Waals surface area contributed by atoms with Crippen LogP contribution in [0.5, 0.6) is 0 Å². The number of hydrogen-bond acceptors (Lipinski definition) is 1. The van der Waals surface area contributed by atoms with Gasteiger partial charge in [0.2, 0.25) is 0 Å². The molecular formula is C14H18F2O. The lowest BCUT2D eigenvalue weighted by Gasteiger charge is -2.35. The topological polar surface area (TPSA) is 20.2 Å². The summed E-state index contributed by atoms with van der Waals surface area (Å²) < 4.78 is 26.3.